The van der Waals surface area contributed by atoms with Crippen LogP contribution >= 0.6 is 0 Å². The molecule has 3 heteroatoms. The Hall–Kier alpha value is -1.84. The van der Waals surface area contributed by atoms with Gasteiger partial charge in [0.15, 0.2) is 0 Å². The zero-order chi connectivity index (χ0) is 14.7. The van der Waals surface area contributed by atoms with Gasteiger partial charge in [-0.15, -0.1) is 0 Å². The second-order valence-electron chi connectivity index (χ2n) is 5.43. The summed E-state index contributed by atoms with van der Waals surface area (Å²) in [5, 5.41) is 3.35. The van der Waals surface area contributed by atoms with Gasteiger partial charge < -0.3 is 14.8 Å². The lowest BCUT2D eigenvalue weighted by molar-refractivity contribution is 0.0277. The molecule has 2 aromatic rings. The molecule has 0 aliphatic carbocycles. The van der Waals surface area contributed by atoms with E-state index in [1.54, 1.807) is 0 Å². The predicted octanol–water partition coefficient (Wildman–Crippen LogP) is 3.76. The van der Waals surface area contributed by atoms with Gasteiger partial charge in [0.25, 0.3) is 0 Å². The van der Waals surface area contributed by atoms with Crippen LogP contribution in [-0.2, 0) is 4.74 Å². The van der Waals surface area contributed by atoms with Crippen molar-refractivity contribution in [1.29, 1.82) is 0 Å². The standard InChI is InChI=1S/C18H21NO2/c1-13-4-3-5-17(14(13)2)21-16-8-6-15(7-9-16)18-12-19-10-11-20-18/h3-9,18-19H,10-12H2,1-2H3. The van der Waals surface area contributed by atoms with Gasteiger partial charge in [0.05, 0.1) is 12.7 Å². The van der Waals surface area contributed by atoms with Gasteiger partial charge in [0, 0.05) is 13.1 Å². The first kappa shape index (κ1) is 14.1. The Morgan fingerprint density at radius 3 is 2.62 bits per heavy atom. The summed E-state index contributed by atoms with van der Waals surface area (Å²) < 4.78 is 11.7. The zero-order valence-electron chi connectivity index (χ0n) is 12.6. The van der Waals surface area contributed by atoms with Crippen LogP contribution in [0, 0.1) is 13.8 Å². The minimum atomic E-state index is 0.147. The van der Waals surface area contributed by atoms with E-state index in [2.05, 4.69) is 37.4 Å². The molecule has 1 atom stereocenters. The van der Waals surface area contributed by atoms with Crippen molar-refractivity contribution >= 4 is 0 Å². The van der Waals surface area contributed by atoms with Crippen molar-refractivity contribution in [3.63, 3.8) is 0 Å². The Labute approximate surface area is 125 Å². The van der Waals surface area contributed by atoms with Gasteiger partial charge in [0.2, 0.25) is 0 Å². The van der Waals surface area contributed by atoms with Crippen molar-refractivity contribution in [3.05, 3.63) is 59.2 Å². The van der Waals surface area contributed by atoms with E-state index in [1.807, 2.05) is 24.3 Å². The number of benzene rings is 2. The molecule has 1 heterocycles. The second kappa shape index (κ2) is 6.29. The van der Waals surface area contributed by atoms with E-state index < -0.39 is 0 Å². The van der Waals surface area contributed by atoms with Crippen molar-refractivity contribution in [1.82, 2.24) is 5.32 Å². The first-order valence-electron chi connectivity index (χ1n) is 7.40. The molecule has 0 saturated carbocycles. The summed E-state index contributed by atoms with van der Waals surface area (Å²) in [6, 6.07) is 14.3. The van der Waals surface area contributed by atoms with Crippen LogP contribution in [0.15, 0.2) is 42.5 Å². The maximum atomic E-state index is 5.98. The summed E-state index contributed by atoms with van der Waals surface area (Å²) in [6.07, 6.45) is 0.147. The van der Waals surface area contributed by atoms with Crippen LogP contribution in [0.5, 0.6) is 11.5 Å². The summed E-state index contributed by atoms with van der Waals surface area (Å²) in [6.45, 7) is 6.76. The Balaban J connectivity index is 1.73. The number of hydrogen-bond donors (Lipinski definition) is 1. The first-order chi connectivity index (χ1) is 10.2. The van der Waals surface area contributed by atoms with E-state index in [4.69, 9.17) is 9.47 Å². The number of hydrogen-bond acceptors (Lipinski definition) is 3. The van der Waals surface area contributed by atoms with E-state index in [0.717, 1.165) is 31.2 Å². The van der Waals surface area contributed by atoms with Gasteiger partial charge in [-0.05, 0) is 48.7 Å². The molecular weight excluding hydrogens is 262 g/mol. The molecule has 1 fully saturated rings. The molecule has 3 rings (SSSR count). The topological polar surface area (TPSA) is 30.5 Å². The molecule has 1 N–H and O–H groups in total. The van der Waals surface area contributed by atoms with Gasteiger partial charge in [-0.1, -0.05) is 24.3 Å². The maximum absolute atomic E-state index is 5.98. The molecule has 0 aromatic heterocycles. The molecule has 1 aliphatic heterocycles. The molecule has 0 radical (unpaired) electrons. The lowest BCUT2D eigenvalue weighted by Gasteiger charge is -2.24. The molecule has 1 unspecified atom stereocenters. The van der Waals surface area contributed by atoms with Gasteiger partial charge in [0.1, 0.15) is 11.5 Å². The quantitative estimate of drug-likeness (QED) is 0.930. The number of aryl methyl sites for hydroxylation is 1. The van der Waals surface area contributed by atoms with Gasteiger partial charge in [-0.2, -0.15) is 0 Å². The minimum absolute atomic E-state index is 0.147. The third kappa shape index (κ3) is 3.26. The Morgan fingerprint density at radius 2 is 1.90 bits per heavy atom. The summed E-state index contributed by atoms with van der Waals surface area (Å²) in [5.41, 5.74) is 3.61. The first-order valence-corrected chi connectivity index (χ1v) is 7.40. The summed E-state index contributed by atoms with van der Waals surface area (Å²) in [4.78, 5) is 0. The molecule has 0 amide bonds. The van der Waals surface area contributed by atoms with Crippen molar-refractivity contribution in [3.8, 4) is 11.5 Å². The molecule has 3 nitrogen and oxygen atoms in total. The largest absolute Gasteiger partial charge is 0.457 e. The van der Waals surface area contributed by atoms with Crippen LogP contribution < -0.4 is 10.1 Å². The normalized spacial score (nSPS) is 18.5. The number of ether oxygens (including phenoxy) is 2. The summed E-state index contributed by atoms with van der Waals surface area (Å²) in [7, 11) is 0. The molecular formula is C18H21NO2. The zero-order valence-corrected chi connectivity index (χ0v) is 12.6. The van der Waals surface area contributed by atoms with Crippen molar-refractivity contribution in [2.24, 2.45) is 0 Å². The number of nitrogens with one attached hydrogen (secondary N) is 1. The lowest BCUT2D eigenvalue weighted by atomic mass is 10.1. The Morgan fingerprint density at radius 1 is 1.10 bits per heavy atom. The molecule has 0 spiro atoms. The van der Waals surface area contributed by atoms with E-state index in [0.29, 0.717) is 0 Å². The fourth-order valence-electron chi connectivity index (χ4n) is 2.49. The number of morpholine rings is 1. The second-order valence-corrected chi connectivity index (χ2v) is 5.43. The fourth-order valence-corrected chi connectivity index (χ4v) is 2.49. The van der Waals surface area contributed by atoms with E-state index >= 15 is 0 Å². The van der Waals surface area contributed by atoms with E-state index in [-0.39, 0.29) is 6.10 Å². The highest BCUT2D eigenvalue weighted by Gasteiger charge is 2.15. The smallest absolute Gasteiger partial charge is 0.130 e. The van der Waals surface area contributed by atoms with Gasteiger partial charge in [-0.25, -0.2) is 0 Å². The molecule has 2 aromatic carbocycles. The Bertz CT molecular complexity index is 601. The van der Waals surface area contributed by atoms with Crippen LogP contribution in [0.3, 0.4) is 0 Å². The molecule has 1 aliphatic rings. The van der Waals surface area contributed by atoms with Crippen LogP contribution in [0.2, 0.25) is 0 Å². The summed E-state index contributed by atoms with van der Waals surface area (Å²) in [5.74, 6) is 1.77. The Kier molecular flexibility index (Phi) is 4.23. The third-order valence-corrected chi connectivity index (χ3v) is 3.96. The van der Waals surface area contributed by atoms with E-state index in [1.165, 1.54) is 16.7 Å². The average molecular weight is 283 g/mol. The monoisotopic (exact) mass is 283 g/mol. The minimum Gasteiger partial charge on any atom is -0.457 e. The average Bonchev–Trinajstić information content (AvgIpc) is 2.53. The fraction of sp³-hybridized carbons (Fsp3) is 0.333. The van der Waals surface area contributed by atoms with Crippen molar-refractivity contribution in [2.75, 3.05) is 19.7 Å². The third-order valence-electron chi connectivity index (χ3n) is 3.96. The van der Waals surface area contributed by atoms with Gasteiger partial charge in [-0.3, -0.25) is 0 Å². The number of rotatable bonds is 3. The van der Waals surface area contributed by atoms with Crippen LogP contribution in [0.1, 0.15) is 22.8 Å². The molecule has 1 saturated heterocycles. The molecule has 21 heavy (non-hydrogen) atoms. The molecule has 0 bridgehead atoms. The van der Waals surface area contributed by atoms with Crippen LogP contribution in [-0.4, -0.2) is 19.7 Å². The summed E-state index contributed by atoms with van der Waals surface area (Å²) >= 11 is 0. The molecule has 110 valence electrons. The highest BCUT2D eigenvalue weighted by molar-refractivity contribution is 5.41. The van der Waals surface area contributed by atoms with Crippen LogP contribution in [0.25, 0.3) is 0 Å². The van der Waals surface area contributed by atoms with Crippen molar-refractivity contribution in [2.45, 2.75) is 20.0 Å². The van der Waals surface area contributed by atoms with Crippen molar-refractivity contribution < 1.29 is 9.47 Å². The highest BCUT2D eigenvalue weighted by Crippen LogP contribution is 2.28. The SMILES string of the molecule is Cc1cccc(Oc2ccc(C3CNCCO3)cc2)c1C. The highest BCUT2D eigenvalue weighted by atomic mass is 16.5. The maximum Gasteiger partial charge on any atom is 0.130 e. The van der Waals surface area contributed by atoms with E-state index in [9.17, 15) is 0 Å². The lowest BCUT2D eigenvalue weighted by Crippen LogP contribution is -2.33. The predicted molar refractivity (Wildman–Crippen MR) is 84.0 cm³/mol. The van der Waals surface area contributed by atoms with Gasteiger partial charge >= 0.3 is 0 Å². The van der Waals surface area contributed by atoms with Crippen LogP contribution in [0.4, 0.5) is 0 Å².